The number of aromatic nitrogens is 2. The third kappa shape index (κ3) is 1.60. The van der Waals surface area contributed by atoms with Gasteiger partial charge in [0.2, 0.25) is 0 Å². The third-order valence-electron chi connectivity index (χ3n) is 2.45. The molecule has 0 bridgehead atoms. The van der Waals surface area contributed by atoms with Crippen LogP contribution in [0.2, 0.25) is 0 Å². The summed E-state index contributed by atoms with van der Waals surface area (Å²) in [4.78, 5) is 8.68. The van der Waals surface area contributed by atoms with Gasteiger partial charge in [0.05, 0.1) is 11.7 Å². The van der Waals surface area contributed by atoms with Crippen LogP contribution in [0.5, 0.6) is 0 Å². The second kappa shape index (κ2) is 3.74. The van der Waals surface area contributed by atoms with Crippen LogP contribution in [0.4, 0.5) is 0 Å². The van der Waals surface area contributed by atoms with E-state index >= 15 is 0 Å². The van der Waals surface area contributed by atoms with E-state index in [1.54, 1.807) is 0 Å². The molecule has 14 heavy (non-hydrogen) atoms. The van der Waals surface area contributed by atoms with Crippen molar-refractivity contribution in [3.05, 3.63) is 35.8 Å². The highest BCUT2D eigenvalue weighted by Crippen LogP contribution is 2.14. The van der Waals surface area contributed by atoms with Gasteiger partial charge < -0.3 is 0 Å². The summed E-state index contributed by atoms with van der Waals surface area (Å²) in [5.41, 5.74) is 3.40. The smallest absolute Gasteiger partial charge is 0.0885 e. The molecule has 0 saturated carbocycles. The standard InChI is InChI=1S/C12H14N2/c1-3-9-5-10-6-11(4-2)13-8-12(10)14-7-9/h5-8H,3-4H2,1-2H3. The van der Waals surface area contributed by atoms with Crippen LogP contribution in [0.3, 0.4) is 0 Å². The van der Waals surface area contributed by atoms with E-state index < -0.39 is 0 Å². The lowest BCUT2D eigenvalue weighted by molar-refractivity contribution is 1.04. The van der Waals surface area contributed by atoms with Gasteiger partial charge in [-0.05, 0) is 30.5 Å². The minimum absolute atomic E-state index is 0.978. The van der Waals surface area contributed by atoms with E-state index in [1.165, 1.54) is 10.9 Å². The fourth-order valence-electron chi connectivity index (χ4n) is 1.51. The Labute approximate surface area is 84.0 Å². The highest BCUT2D eigenvalue weighted by molar-refractivity contribution is 5.78. The molecule has 2 aromatic rings. The van der Waals surface area contributed by atoms with Crippen LogP contribution in [0.15, 0.2) is 24.5 Å². The first kappa shape index (κ1) is 9.13. The Hall–Kier alpha value is -1.44. The van der Waals surface area contributed by atoms with Gasteiger partial charge in [0.25, 0.3) is 0 Å². The van der Waals surface area contributed by atoms with Gasteiger partial charge in [-0.2, -0.15) is 0 Å². The number of hydrogen-bond donors (Lipinski definition) is 0. The van der Waals surface area contributed by atoms with Crippen LogP contribution < -0.4 is 0 Å². The van der Waals surface area contributed by atoms with Crippen LogP contribution in [0.25, 0.3) is 10.9 Å². The molecule has 2 heterocycles. The number of fused-ring (bicyclic) bond motifs is 1. The predicted octanol–water partition coefficient (Wildman–Crippen LogP) is 2.75. The summed E-state index contributed by atoms with van der Waals surface area (Å²) in [5, 5.41) is 1.20. The zero-order valence-electron chi connectivity index (χ0n) is 8.62. The molecule has 0 unspecified atom stereocenters. The molecule has 0 N–H and O–H groups in total. The molecular weight excluding hydrogens is 172 g/mol. The number of rotatable bonds is 2. The van der Waals surface area contributed by atoms with Crippen molar-refractivity contribution >= 4 is 10.9 Å². The van der Waals surface area contributed by atoms with Crippen LogP contribution >= 0.6 is 0 Å². The fourth-order valence-corrected chi connectivity index (χ4v) is 1.51. The van der Waals surface area contributed by atoms with Crippen LogP contribution in [0, 0.1) is 0 Å². The molecule has 0 saturated heterocycles. The second-order valence-corrected chi connectivity index (χ2v) is 3.42. The summed E-state index contributed by atoms with van der Waals surface area (Å²) >= 11 is 0. The van der Waals surface area contributed by atoms with E-state index in [0.29, 0.717) is 0 Å². The largest absolute Gasteiger partial charge is 0.259 e. The SMILES string of the molecule is CCc1cnc2cnc(CC)cc2c1. The molecule has 2 rings (SSSR count). The summed E-state index contributed by atoms with van der Waals surface area (Å²) < 4.78 is 0. The molecule has 0 aromatic carbocycles. The molecule has 0 aliphatic carbocycles. The third-order valence-corrected chi connectivity index (χ3v) is 2.45. The number of hydrogen-bond acceptors (Lipinski definition) is 2. The topological polar surface area (TPSA) is 25.8 Å². The number of pyridine rings is 2. The van der Waals surface area contributed by atoms with Crippen molar-refractivity contribution in [2.45, 2.75) is 26.7 Å². The van der Waals surface area contributed by atoms with Crippen molar-refractivity contribution in [3.8, 4) is 0 Å². The van der Waals surface area contributed by atoms with E-state index in [2.05, 4.69) is 35.9 Å². The van der Waals surface area contributed by atoms with Crippen molar-refractivity contribution in [1.82, 2.24) is 9.97 Å². The summed E-state index contributed by atoms with van der Waals surface area (Å²) in [7, 11) is 0. The van der Waals surface area contributed by atoms with Gasteiger partial charge in [0.15, 0.2) is 0 Å². The van der Waals surface area contributed by atoms with E-state index in [9.17, 15) is 0 Å². The normalized spacial score (nSPS) is 10.7. The van der Waals surface area contributed by atoms with Gasteiger partial charge >= 0.3 is 0 Å². The molecule has 0 amide bonds. The lowest BCUT2D eigenvalue weighted by Gasteiger charge is -2.01. The van der Waals surface area contributed by atoms with Gasteiger partial charge in [0, 0.05) is 17.3 Å². The molecule has 72 valence electrons. The molecule has 0 spiro atoms. The fraction of sp³-hybridized carbons (Fsp3) is 0.333. The van der Waals surface area contributed by atoms with Crippen molar-refractivity contribution in [2.24, 2.45) is 0 Å². The van der Waals surface area contributed by atoms with Gasteiger partial charge in [-0.15, -0.1) is 0 Å². The average molecular weight is 186 g/mol. The molecule has 0 radical (unpaired) electrons. The first-order valence-corrected chi connectivity index (χ1v) is 5.07. The molecule has 0 atom stereocenters. The highest BCUT2D eigenvalue weighted by atomic mass is 14.7. The second-order valence-electron chi connectivity index (χ2n) is 3.42. The predicted molar refractivity (Wildman–Crippen MR) is 58.3 cm³/mol. The monoisotopic (exact) mass is 186 g/mol. The average Bonchev–Trinajstić information content (AvgIpc) is 2.27. The van der Waals surface area contributed by atoms with Gasteiger partial charge in [-0.1, -0.05) is 13.8 Å². The van der Waals surface area contributed by atoms with Crippen molar-refractivity contribution in [1.29, 1.82) is 0 Å². The maximum Gasteiger partial charge on any atom is 0.0885 e. The first-order chi connectivity index (χ1) is 6.83. The maximum atomic E-state index is 4.36. The molecule has 2 aromatic heterocycles. The molecule has 2 nitrogen and oxygen atoms in total. The molecule has 0 fully saturated rings. The first-order valence-electron chi connectivity index (χ1n) is 5.07. The van der Waals surface area contributed by atoms with Crippen molar-refractivity contribution < 1.29 is 0 Å². The van der Waals surface area contributed by atoms with Gasteiger partial charge in [-0.25, -0.2) is 0 Å². The maximum absolute atomic E-state index is 4.36. The number of aryl methyl sites for hydroxylation is 2. The van der Waals surface area contributed by atoms with E-state index in [4.69, 9.17) is 0 Å². The van der Waals surface area contributed by atoms with E-state index in [0.717, 1.165) is 24.1 Å². The highest BCUT2D eigenvalue weighted by Gasteiger charge is 1.98. The molecule has 0 aliphatic heterocycles. The van der Waals surface area contributed by atoms with Crippen LogP contribution in [0.1, 0.15) is 25.1 Å². The Morgan fingerprint density at radius 1 is 1.00 bits per heavy atom. The minimum atomic E-state index is 0.978. The number of nitrogens with zero attached hydrogens (tertiary/aromatic N) is 2. The van der Waals surface area contributed by atoms with Gasteiger partial charge in [-0.3, -0.25) is 9.97 Å². The van der Waals surface area contributed by atoms with Gasteiger partial charge in [0.1, 0.15) is 0 Å². The summed E-state index contributed by atoms with van der Waals surface area (Å²) in [5.74, 6) is 0. The Balaban J connectivity index is 2.60. The summed E-state index contributed by atoms with van der Waals surface area (Å²) in [6.45, 7) is 4.26. The van der Waals surface area contributed by atoms with Crippen molar-refractivity contribution in [2.75, 3.05) is 0 Å². The van der Waals surface area contributed by atoms with E-state index in [-0.39, 0.29) is 0 Å². The quantitative estimate of drug-likeness (QED) is 0.720. The Bertz CT molecular complexity index is 410. The minimum Gasteiger partial charge on any atom is -0.259 e. The summed E-state index contributed by atoms with van der Waals surface area (Å²) in [6.07, 6.45) is 5.79. The Morgan fingerprint density at radius 2 is 1.86 bits per heavy atom. The Kier molecular flexibility index (Phi) is 2.44. The van der Waals surface area contributed by atoms with Crippen molar-refractivity contribution in [3.63, 3.8) is 0 Å². The van der Waals surface area contributed by atoms with Crippen LogP contribution in [-0.4, -0.2) is 9.97 Å². The molecular formula is C12H14N2. The lowest BCUT2D eigenvalue weighted by Crippen LogP contribution is -1.90. The van der Waals surface area contributed by atoms with Crippen LogP contribution in [-0.2, 0) is 12.8 Å². The lowest BCUT2D eigenvalue weighted by atomic mass is 10.1. The molecule has 0 aliphatic rings. The van der Waals surface area contributed by atoms with E-state index in [1.807, 2.05) is 12.4 Å². The zero-order chi connectivity index (χ0) is 9.97. The molecule has 2 heteroatoms. The Morgan fingerprint density at radius 3 is 2.57 bits per heavy atom. The summed E-state index contributed by atoms with van der Waals surface area (Å²) in [6, 6.07) is 4.32. The zero-order valence-corrected chi connectivity index (χ0v) is 8.62.